The molecule has 1 saturated carbocycles. The second-order valence-electron chi connectivity index (χ2n) is 6.95. The third-order valence-corrected chi connectivity index (χ3v) is 5.25. The van der Waals surface area contributed by atoms with Crippen molar-refractivity contribution in [3.63, 3.8) is 0 Å². The number of likely N-dealkylation sites (tertiary alicyclic amines) is 1. The van der Waals surface area contributed by atoms with Gasteiger partial charge in [-0.2, -0.15) is 4.68 Å². The first-order chi connectivity index (χ1) is 12.7. The zero-order chi connectivity index (χ0) is 17.9. The molecule has 0 unspecified atom stereocenters. The number of rotatable bonds is 5. The Hall–Kier alpha value is -2.77. The summed E-state index contributed by atoms with van der Waals surface area (Å²) in [6, 6.07) is 9.85. The van der Waals surface area contributed by atoms with Crippen LogP contribution in [0.2, 0.25) is 0 Å². The van der Waals surface area contributed by atoms with Crippen molar-refractivity contribution < 1.29 is 9.59 Å². The number of carbonyl (C=O) groups is 2. The molecule has 0 spiro atoms. The highest BCUT2D eigenvalue weighted by molar-refractivity contribution is 5.89. The predicted octanol–water partition coefficient (Wildman–Crippen LogP) is 1.07. The van der Waals surface area contributed by atoms with E-state index in [1.165, 1.54) is 12.8 Å². The Morgan fingerprint density at radius 1 is 1.19 bits per heavy atom. The van der Waals surface area contributed by atoms with E-state index in [-0.39, 0.29) is 24.3 Å². The lowest BCUT2D eigenvalue weighted by Crippen LogP contribution is -2.37. The van der Waals surface area contributed by atoms with Crippen LogP contribution in [0, 0.1) is 5.92 Å². The maximum absolute atomic E-state index is 12.5. The summed E-state index contributed by atoms with van der Waals surface area (Å²) in [7, 11) is 0. The van der Waals surface area contributed by atoms with Crippen molar-refractivity contribution in [3.8, 4) is 5.69 Å². The van der Waals surface area contributed by atoms with E-state index in [1.54, 1.807) is 4.68 Å². The Morgan fingerprint density at radius 3 is 2.73 bits per heavy atom. The lowest BCUT2D eigenvalue weighted by atomic mass is 10.1. The summed E-state index contributed by atoms with van der Waals surface area (Å²) in [5, 5.41) is 14.6. The smallest absolute Gasteiger partial charge is 0.225 e. The van der Waals surface area contributed by atoms with Gasteiger partial charge in [0.05, 0.1) is 18.2 Å². The fourth-order valence-electron chi connectivity index (χ4n) is 3.87. The monoisotopic (exact) mass is 354 g/mol. The van der Waals surface area contributed by atoms with Crippen molar-refractivity contribution in [3.05, 3.63) is 36.2 Å². The maximum atomic E-state index is 12.5. The predicted molar refractivity (Wildman–Crippen MR) is 93.1 cm³/mol. The first kappa shape index (κ1) is 16.7. The van der Waals surface area contributed by atoms with E-state index < -0.39 is 0 Å². The number of para-hydroxylation sites is 1. The highest BCUT2D eigenvalue weighted by atomic mass is 16.2. The molecule has 4 rings (SSSR count). The molecule has 2 heterocycles. The van der Waals surface area contributed by atoms with Gasteiger partial charge in [0.1, 0.15) is 0 Å². The van der Waals surface area contributed by atoms with Crippen LogP contribution in [0.1, 0.15) is 37.9 Å². The minimum atomic E-state index is -0.288. The molecule has 0 radical (unpaired) electrons. The molecule has 1 saturated heterocycles. The van der Waals surface area contributed by atoms with Crippen molar-refractivity contribution >= 4 is 11.8 Å². The van der Waals surface area contributed by atoms with E-state index in [0.29, 0.717) is 24.8 Å². The second kappa shape index (κ2) is 7.23. The van der Waals surface area contributed by atoms with E-state index in [9.17, 15) is 9.59 Å². The first-order valence-electron chi connectivity index (χ1n) is 9.12. The van der Waals surface area contributed by atoms with Gasteiger partial charge < -0.3 is 10.2 Å². The molecule has 2 fully saturated rings. The van der Waals surface area contributed by atoms with E-state index >= 15 is 0 Å². The molecule has 1 atom stereocenters. The first-order valence-corrected chi connectivity index (χ1v) is 9.12. The number of aromatic nitrogens is 4. The molecule has 2 aliphatic rings. The molecule has 8 nitrogen and oxygen atoms in total. The average molecular weight is 354 g/mol. The Kier molecular flexibility index (Phi) is 4.64. The molecule has 1 N–H and O–H groups in total. The van der Waals surface area contributed by atoms with Crippen LogP contribution in [0.25, 0.3) is 5.69 Å². The topological polar surface area (TPSA) is 93.0 Å². The minimum absolute atomic E-state index is 0.103. The third kappa shape index (κ3) is 3.31. The molecule has 2 aromatic rings. The van der Waals surface area contributed by atoms with E-state index in [4.69, 9.17) is 0 Å². The molecule has 0 bridgehead atoms. The van der Waals surface area contributed by atoms with Crippen LogP contribution in [0.15, 0.2) is 30.3 Å². The van der Waals surface area contributed by atoms with Crippen LogP contribution < -0.4 is 5.32 Å². The van der Waals surface area contributed by atoms with Crippen molar-refractivity contribution in [1.29, 1.82) is 0 Å². The standard InChI is InChI=1S/C18H22N6O2/c25-17-10-13(12-23(17)14-6-4-5-7-14)18(26)19-11-16-20-21-22-24(16)15-8-2-1-3-9-15/h1-3,8-9,13-14H,4-7,10-12H2,(H,19,26)/t13-/m0/s1. The number of amides is 2. The van der Waals surface area contributed by atoms with Gasteiger partial charge in [-0.15, -0.1) is 5.10 Å². The Balaban J connectivity index is 1.36. The second-order valence-corrected chi connectivity index (χ2v) is 6.95. The van der Waals surface area contributed by atoms with Gasteiger partial charge in [-0.25, -0.2) is 0 Å². The van der Waals surface area contributed by atoms with Gasteiger partial charge in [0.25, 0.3) is 0 Å². The van der Waals surface area contributed by atoms with Crippen LogP contribution in [0.5, 0.6) is 0 Å². The lowest BCUT2D eigenvalue weighted by Gasteiger charge is -2.23. The normalized spacial score (nSPS) is 20.7. The molecule has 2 amide bonds. The minimum Gasteiger partial charge on any atom is -0.348 e. The number of tetrazole rings is 1. The number of hydrogen-bond donors (Lipinski definition) is 1. The average Bonchev–Trinajstić information content (AvgIpc) is 3.40. The molecular weight excluding hydrogens is 332 g/mol. The summed E-state index contributed by atoms with van der Waals surface area (Å²) in [5.74, 6) is 0.262. The van der Waals surface area contributed by atoms with Crippen molar-refractivity contribution in [2.45, 2.75) is 44.7 Å². The summed E-state index contributed by atoms with van der Waals surface area (Å²) in [6.07, 6.45) is 4.77. The van der Waals surface area contributed by atoms with Crippen molar-refractivity contribution in [2.24, 2.45) is 5.92 Å². The number of benzene rings is 1. The van der Waals surface area contributed by atoms with Gasteiger partial charge in [0, 0.05) is 19.0 Å². The number of hydrogen-bond acceptors (Lipinski definition) is 5. The quantitative estimate of drug-likeness (QED) is 0.867. The summed E-state index contributed by atoms with van der Waals surface area (Å²) in [6.45, 7) is 0.758. The summed E-state index contributed by atoms with van der Waals surface area (Å²) in [4.78, 5) is 26.7. The van der Waals surface area contributed by atoms with Gasteiger partial charge in [0.2, 0.25) is 11.8 Å². The molecule has 26 heavy (non-hydrogen) atoms. The number of nitrogens with one attached hydrogen (secondary N) is 1. The molecule has 1 aliphatic heterocycles. The van der Waals surface area contributed by atoms with Gasteiger partial charge in [-0.1, -0.05) is 31.0 Å². The van der Waals surface area contributed by atoms with Crippen LogP contribution in [0.4, 0.5) is 0 Å². The zero-order valence-electron chi connectivity index (χ0n) is 14.5. The number of carbonyl (C=O) groups excluding carboxylic acids is 2. The Bertz CT molecular complexity index is 784. The SMILES string of the molecule is O=C(NCc1nnnn1-c1ccccc1)[C@H]1CC(=O)N(C2CCCC2)C1. The fourth-order valence-corrected chi connectivity index (χ4v) is 3.87. The highest BCUT2D eigenvalue weighted by Crippen LogP contribution is 2.29. The van der Waals surface area contributed by atoms with Crippen LogP contribution in [0.3, 0.4) is 0 Å². The van der Waals surface area contributed by atoms with Crippen LogP contribution >= 0.6 is 0 Å². The fraction of sp³-hybridized carbons (Fsp3) is 0.500. The molecule has 136 valence electrons. The largest absolute Gasteiger partial charge is 0.348 e. The highest BCUT2D eigenvalue weighted by Gasteiger charge is 2.38. The molecular formula is C18H22N6O2. The van der Waals surface area contributed by atoms with Gasteiger partial charge in [0.15, 0.2) is 5.82 Å². The molecule has 1 aromatic carbocycles. The lowest BCUT2D eigenvalue weighted by molar-refractivity contribution is -0.130. The van der Waals surface area contributed by atoms with Crippen LogP contribution in [-0.4, -0.2) is 49.5 Å². The Morgan fingerprint density at radius 2 is 1.96 bits per heavy atom. The maximum Gasteiger partial charge on any atom is 0.225 e. The van der Waals surface area contributed by atoms with Crippen molar-refractivity contribution in [2.75, 3.05) is 6.54 Å². The van der Waals surface area contributed by atoms with Crippen LogP contribution in [-0.2, 0) is 16.1 Å². The van der Waals surface area contributed by atoms with E-state index in [0.717, 1.165) is 18.5 Å². The third-order valence-electron chi connectivity index (χ3n) is 5.25. The van der Waals surface area contributed by atoms with Gasteiger partial charge in [-0.3, -0.25) is 9.59 Å². The van der Waals surface area contributed by atoms with Gasteiger partial charge >= 0.3 is 0 Å². The molecule has 1 aliphatic carbocycles. The molecule has 1 aromatic heterocycles. The van der Waals surface area contributed by atoms with Gasteiger partial charge in [-0.05, 0) is 35.4 Å². The zero-order valence-corrected chi connectivity index (χ0v) is 14.5. The molecule has 8 heteroatoms. The summed E-state index contributed by atoms with van der Waals surface area (Å²) in [5.41, 5.74) is 0.838. The summed E-state index contributed by atoms with van der Waals surface area (Å²) < 4.78 is 1.60. The van der Waals surface area contributed by atoms with Crippen molar-refractivity contribution in [1.82, 2.24) is 30.4 Å². The summed E-state index contributed by atoms with van der Waals surface area (Å²) >= 11 is 0. The van der Waals surface area contributed by atoms with E-state index in [1.807, 2.05) is 35.2 Å². The number of nitrogens with zero attached hydrogens (tertiary/aromatic N) is 5. The Labute approximate surface area is 151 Å². The van der Waals surface area contributed by atoms with E-state index in [2.05, 4.69) is 20.8 Å².